The molecule has 0 aliphatic carbocycles. The third kappa shape index (κ3) is 2.71. The number of hydrogen-bond donors (Lipinski definition) is 1. The van der Waals surface area contributed by atoms with E-state index < -0.39 is 6.10 Å². The highest BCUT2D eigenvalue weighted by Crippen LogP contribution is 2.33. The van der Waals surface area contributed by atoms with Gasteiger partial charge in [-0.2, -0.15) is 0 Å². The standard InChI is InChI=1S/C12H12ClNO3/c1-2-5-14-12(15)11-7-16-10-6-8(13)3-4-9(10)17-11/h2-4,6,11H,1,5,7H2,(H,14,15). The van der Waals surface area contributed by atoms with Crippen molar-refractivity contribution in [1.82, 2.24) is 5.32 Å². The summed E-state index contributed by atoms with van der Waals surface area (Å²) < 4.78 is 10.9. The highest BCUT2D eigenvalue weighted by molar-refractivity contribution is 6.30. The Balaban J connectivity index is 2.05. The third-order valence-electron chi connectivity index (χ3n) is 2.28. The molecule has 0 bridgehead atoms. The van der Waals surface area contributed by atoms with Gasteiger partial charge in [-0.1, -0.05) is 17.7 Å². The molecule has 90 valence electrons. The van der Waals surface area contributed by atoms with Crippen molar-refractivity contribution in [2.75, 3.05) is 13.2 Å². The molecule has 1 aliphatic rings. The first-order valence-corrected chi connectivity index (χ1v) is 5.56. The summed E-state index contributed by atoms with van der Waals surface area (Å²) in [5, 5.41) is 3.23. The Bertz CT molecular complexity index is 447. The molecule has 0 spiro atoms. The quantitative estimate of drug-likeness (QED) is 0.836. The van der Waals surface area contributed by atoms with Crippen molar-refractivity contribution >= 4 is 17.5 Å². The van der Waals surface area contributed by atoms with Gasteiger partial charge in [0.05, 0.1) is 0 Å². The van der Waals surface area contributed by atoms with Gasteiger partial charge in [-0.15, -0.1) is 6.58 Å². The third-order valence-corrected chi connectivity index (χ3v) is 2.51. The minimum Gasteiger partial charge on any atom is -0.485 e. The fourth-order valence-electron chi connectivity index (χ4n) is 1.46. The van der Waals surface area contributed by atoms with Crippen molar-refractivity contribution in [3.63, 3.8) is 0 Å². The Morgan fingerprint density at radius 1 is 1.59 bits per heavy atom. The average molecular weight is 254 g/mol. The molecule has 0 radical (unpaired) electrons. The van der Waals surface area contributed by atoms with Crippen LogP contribution in [0.2, 0.25) is 5.02 Å². The number of nitrogens with one attached hydrogen (secondary N) is 1. The van der Waals surface area contributed by atoms with Crippen LogP contribution in [0.15, 0.2) is 30.9 Å². The van der Waals surface area contributed by atoms with Crippen LogP contribution in [-0.2, 0) is 4.79 Å². The molecule has 0 fully saturated rings. The van der Waals surface area contributed by atoms with Gasteiger partial charge in [0.2, 0.25) is 6.10 Å². The second kappa shape index (κ2) is 5.10. The first kappa shape index (κ1) is 11.8. The maximum Gasteiger partial charge on any atom is 0.264 e. The molecule has 1 aromatic rings. The van der Waals surface area contributed by atoms with Crippen molar-refractivity contribution < 1.29 is 14.3 Å². The van der Waals surface area contributed by atoms with Crippen LogP contribution in [0.4, 0.5) is 0 Å². The molecule has 2 rings (SSSR count). The van der Waals surface area contributed by atoms with Crippen LogP contribution in [0.5, 0.6) is 11.5 Å². The molecule has 1 amide bonds. The fraction of sp³-hybridized carbons (Fsp3) is 0.250. The number of fused-ring (bicyclic) bond motifs is 1. The highest BCUT2D eigenvalue weighted by atomic mass is 35.5. The van der Waals surface area contributed by atoms with E-state index in [1.54, 1.807) is 24.3 Å². The summed E-state index contributed by atoms with van der Waals surface area (Å²) in [6, 6.07) is 5.03. The van der Waals surface area contributed by atoms with Gasteiger partial charge in [-0.05, 0) is 12.1 Å². The Kier molecular flexibility index (Phi) is 3.54. The predicted molar refractivity (Wildman–Crippen MR) is 64.6 cm³/mol. The largest absolute Gasteiger partial charge is 0.485 e. The second-order valence-electron chi connectivity index (χ2n) is 3.54. The van der Waals surface area contributed by atoms with Gasteiger partial charge in [0.25, 0.3) is 5.91 Å². The van der Waals surface area contributed by atoms with Crippen molar-refractivity contribution in [3.8, 4) is 11.5 Å². The number of hydrogen-bond acceptors (Lipinski definition) is 3. The van der Waals surface area contributed by atoms with E-state index in [0.717, 1.165) is 0 Å². The van der Waals surface area contributed by atoms with Gasteiger partial charge in [0.1, 0.15) is 6.61 Å². The summed E-state index contributed by atoms with van der Waals surface area (Å²) in [5.74, 6) is 0.871. The minimum atomic E-state index is -0.636. The van der Waals surface area contributed by atoms with Crippen LogP contribution < -0.4 is 14.8 Å². The number of benzene rings is 1. The lowest BCUT2D eigenvalue weighted by Crippen LogP contribution is -2.44. The van der Waals surface area contributed by atoms with E-state index in [1.807, 2.05) is 0 Å². The lowest BCUT2D eigenvalue weighted by atomic mass is 10.2. The number of amides is 1. The zero-order chi connectivity index (χ0) is 12.3. The molecule has 0 saturated carbocycles. The molecule has 1 atom stereocenters. The Morgan fingerprint density at radius 2 is 2.41 bits per heavy atom. The normalized spacial score (nSPS) is 17.4. The van der Waals surface area contributed by atoms with Gasteiger partial charge < -0.3 is 14.8 Å². The van der Waals surface area contributed by atoms with E-state index in [0.29, 0.717) is 23.1 Å². The summed E-state index contributed by atoms with van der Waals surface area (Å²) in [7, 11) is 0. The highest BCUT2D eigenvalue weighted by Gasteiger charge is 2.26. The zero-order valence-electron chi connectivity index (χ0n) is 9.11. The Labute approximate surface area is 104 Å². The molecule has 5 heteroatoms. The molecule has 17 heavy (non-hydrogen) atoms. The number of ether oxygens (including phenoxy) is 2. The van der Waals surface area contributed by atoms with E-state index in [2.05, 4.69) is 11.9 Å². The number of carbonyl (C=O) groups is 1. The van der Waals surface area contributed by atoms with Gasteiger partial charge >= 0.3 is 0 Å². The first-order chi connectivity index (χ1) is 8.20. The summed E-state index contributed by atoms with van der Waals surface area (Å²) in [5.41, 5.74) is 0. The van der Waals surface area contributed by atoms with Gasteiger partial charge in [-0.25, -0.2) is 0 Å². The zero-order valence-corrected chi connectivity index (χ0v) is 9.87. The summed E-state index contributed by atoms with van der Waals surface area (Å²) in [4.78, 5) is 11.6. The Morgan fingerprint density at radius 3 is 3.18 bits per heavy atom. The van der Waals surface area contributed by atoms with E-state index in [9.17, 15) is 4.79 Å². The summed E-state index contributed by atoms with van der Waals surface area (Å²) in [6.45, 7) is 4.11. The SMILES string of the molecule is C=CCNC(=O)C1COc2cc(Cl)ccc2O1. The number of rotatable bonds is 3. The van der Waals surface area contributed by atoms with Crippen molar-refractivity contribution in [2.45, 2.75) is 6.10 Å². The van der Waals surface area contributed by atoms with Gasteiger partial charge in [-0.3, -0.25) is 4.79 Å². The molecule has 1 aromatic carbocycles. The second-order valence-corrected chi connectivity index (χ2v) is 3.98. The number of halogens is 1. The molecule has 4 nitrogen and oxygen atoms in total. The minimum absolute atomic E-state index is 0.177. The molecule has 1 aliphatic heterocycles. The maximum atomic E-state index is 11.6. The molecule has 0 aromatic heterocycles. The van der Waals surface area contributed by atoms with E-state index in [1.165, 1.54) is 0 Å². The van der Waals surface area contributed by atoms with Crippen LogP contribution in [0.1, 0.15) is 0 Å². The predicted octanol–water partition coefficient (Wildman–Crippen LogP) is 1.78. The fourth-order valence-corrected chi connectivity index (χ4v) is 1.62. The average Bonchev–Trinajstić information content (AvgIpc) is 2.35. The molecule has 1 unspecified atom stereocenters. The van der Waals surface area contributed by atoms with Crippen LogP contribution >= 0.6 is 11.6 Å². The van der Waals surface area contributed by atoms with Gasteiger partial charge in [0, 0.05) is 17.6 Å². The van der Waals surface area contributed by atoms with E-state index in [-0.39, 0.29) is 12.5 Å². The molecule has 1 N–H and O–H groups in total. The summed E-state index contributed by atoms with van der Waals surface area (Å²) >= 11 is 5.82. The molecular formula is C12H12ClNO3. The lowest BCUT2D eigenvalue weighted by molar-refractivity contribution is -0.130. The molecule has 0 saturated heterocycles. The van der Waals surface area contributed by atoms with Crippen molar-refractivity contribution in [1.29, 1.82) is 0 Å². The maximum absolute atomic E-state index is 11.6. The lowest BCUT2D eigenvalue weighted by Gasteiger charge is -2.25. The van der Waals surface area contributed by atoms with Crippen LogP contribution in [0.3, 0.4) is 0 Å². The number of carbonyl (C=O) groups excluding carboxylic acids is 1. The van der Waals surface area contributed by atoms with Gasteiger partial charge in [0.15, 0.2) is 11.5 Å². The van der Waals surface area contributed by atoms with Crippen LogP contribution in [-0.4, -0.2) is 25.2 Å². The topological polar surface area (TPSA) is 47.6 Å². The Hall–Kier alpha value is -1.68. The smallest absolute Gasteiger partial charge is 0.264 e. The van der Waals surface area contributed by atoms with Crippen molar-refractivity contribution in [3.05, 3.63) is 35.9 Å². The van der Waals surface area contributed by atoms with E-state index in [4.69, 9.17) is 21.1 Å². The van der Waals surface area contributed by atoms with Crippen LogP contribution in [0, 0.1) is 0 Å². The van der Waals surface area contributed by atoms with Crippen molar-refractivity contribution in [2.24, 2.45) is 0 Å². The molecular weight excluding hydrogens is 242 g/mol. The first-order valence-electron chi connectivity index (χ1n) is 5.18. The molecule has 1 heterocycles. The van der Waals surface area contributed by atoms with Crippen LogP contribution in [0.25, 0.3) is 0 Å². The summed E-state index contributed by atoms with van der Waals surface area (Å²) in [6.07, 6.45) is 0.971. The monoisotopic (exact) mass is 253 g/mol. The van der Waals surface area contributed by atoms with E-state index >= 15 is 0 Å².